The molecule has 0 saturated carbocycles. The number of methoxy groups -OCH3 is 1. The van der Waals surface area contributed by atoms with Crippen molar-refractivity contribution in [2.45, 2.75) is 6.61 Å². The van der Waals surface area contributed by atoms with Crippen LogP contribution < -0.4 is 9.47 Å². The number of nitriles is 1. The lowest BCUT2D eigenvalue weighted by atomic mass is 10.00. The summed E-state index contributed by atoms with van der Waals surface area (Å²) >= 11 is 0. The molecular formula is C27H20N2O4. The number of hydrogen-bond donors (Lipinski definition) is 0. The zero-order valence-corrected chi connectivity index (χ0v) is 17.9. The van der Waals surface area contributed by atoms with Gasteiger partial charge in [0.1, 0.15) is 6.61 Å². The predicted octanol–water partition coefficient (Wildman–Crippen LogP) is 6.40. The molecule has 4 aromatic rings. The average molecular weight is 436 g/mol. The summed E-state index contributed by atoms with van der Waals surface area (Å²) in [6.07, 6.45) is 1.81. The maximum Gasteiger partial charge on any atom is 0.269 e. The minimum atomic E-state index is -0.437. The van der Waals surface area contributed by atoms with Crippen LogP contribution in [0.15, 0.2) is 84.9 Å². The Bertz CT molecular complexity index is 1390. The van der Waals surface area contributed by atoms with Crippen molar-refractivity contribution < 1.29 is 14.4 Å². The maximum atomic E-state index is 10.8. The minimum absolute atomic E-state index is 0.0344. The summed E-state index contributed by atoms with van der Waals surface area (Å²) in [6, 6.07) is 27.9. The van der Waals surface area contributed by atoms with Crippen LogP contribution in [0.5, 0.6) is 11.5 Å². The number of ether oxygens (including phenoxy) is 2. The summed E-state index contributed by atoms with van der Waals surface area (Å²) in [5.74, 6) is 1.07. The standard InChI is InChI=1S/C27H20N2O4/c1-32-27-15-20(8-13-26(27)33-18-19-6-11-25(12-7-19)29(30)31)14-24(17-28)23-10-9-21-4-2-3-5-22(21)16-23/h2-16H,18H2,1H3/b24-14-. The van der Waals surface area contributed by atoms with Crippen LogP contribution in [0.2, 0.25) is 0 Å². The Balaban J connectivity index is 1.55. The first-order valence-electron chi connectivity index (χ1n) is 10.2. The summed E-state index contributed by atoms with van der Waals surface area (Å²) < 4.78 is 11.3. The molecule has 0 unspecified atom stereocenters. The van der Waals surface area contributed by atoms with E-state index in [9.17, 15) is 15.4 Å². The minimum Gasteiger partial charge on any atom is -0.493 e. The molecule has 0 amide bonds. The van der Waals surface area contributed by atoms with E-state index in [-0.39, 0.29) is 12.3 Å². The molecule has 0 aliphatic rings. The molecule has 162 valence electrons. The van der Waals surface area contributed by atoms with E-state index in [0.29, 0.717) is 17.1 Å². The first-order chi connectivity index (χ1) is 16.1. The van der Waals surface area contributed by atoms with E-state index in [1.807, 2.05) is 60.7 Å². The second-order valence-electron chi connectivity index (χ2n) is 7.35. The molecule has 0 N–H and O–H groups in total. The van der Waals surface area contributed by atoms with E-state index >= 15 is 0 Å². The second kappa shape index (κ2) is 9.67. The van der Waals surface area contributed by atoms with Gasteiger partial charge >= 0.3 is 0 Å². The molecule has 0 aliphatic carbocycles. The fourth-order valence-corrected chi connectivity index (χ4v) is 3.47. The Hall–Kier alpha value is -4.63. The van der Waals surface area contributed by atoms with Crippen LogP contribution in [0.25, 0.3) is 22.4 Å². The third-order valence-corrected chi connectivity index (χ3v) is 5.22. The fraction of sp³-hybridized carbons (Fsp3) is 0.0741. The third kappa shape index (κ3) is 5.00. The van der Waals surface area contributed by atoms with Gasteiger partial charge < -0.3 is 9.47 Å². The third-order valence-electron chi connectivity index (χ3n) is 5.22. The van der Waals surface area contributed by atoms with Gasteiger partial charge in [0.25, 0.3) is 5.69 Å². The molecular weight excluding hydrogens is 416 g/mol. The van der Waals surface area contributed by atoms with Gasteiger partial charge in [-0.3, -0.25) is 10.1 Å². The SMILES string of the molecule is COc1cc(/C=C(/C#N)c2ccc3ccccc3c2)ccc1OCc1ccc([N+](=O)[O-])cc1. The van der Waals surface area contributed by atoms with E-state index < -0.39 is 4.92 Å². The van der Waals surface area contributed by atoms with Crippen molar-refractivity contribution in [2.24, 2.45) is 0 Å². The lowest BCUT2D eigenvalue weighted by Gasteiger charge is -2.12. The Labute approximate surface area is 191 Å². The summed E-state index contributed by atoms with van der Waals surface area (Å²) in [4.78, 5) is 10.3. The molecule has 0 fully saturated rings. The number of fused-ring (bicyclic) bond motifs is 1. The van der Waals surface area contributed by atoms with E-state index in [1.54, 1.807) is 25.3 Å². The zero-order valence-electron chi connectivity index (χ0n) is 17.9. The quantitative estimate of drug-likeness (QED) is 0.145. The molecule has 0 atom stereocenters. The molecule has 4 aromatic carbocycles. The van der Waals surface area contributed by atoms with Gasteiger partial charge in [-0.15, -0.1) is 0 Å². The Morgan fingerprint density at radius 1 is 0.970 bits per heavy atom. The first-order valence-corrected chi connectivity index (χ1v) is 10.2. The molecule has 33 heavy (non-hydrogen) atoms. The zero-order chi connectivity index (χ0) is 23.2. The number of nitro benzene ring substituents is 1. The van der Waals surface area contributed by atoms with Crippen molar-refractivity contribution in [1.82, 2.24) is 0 Å². The summed E-state index contributed by atoms with van der Waals surface area (Å²) in [5.41, 5.74) is 3.03. The fourth-order valence-electron chi connectivity index (χ4n) is 3.47. The van der Waals surface area contributed by atoms with Crippen molar-refractivity contribution in [1.29, 1.82) is 5.26 Å². The van der Waals surface area contributed by atoms with Crippen LogP contribution in [-0.2, 0) is 6.61 Å². The van der Waals surface area contributed by atoms with E-state index in [2.05, 4.69) is 6.07 Å². The molecule has 0 saturated heterocycles. The van der Waals surface area contributed by atoms with Gasteiger partial charge in [-0.1, -0.05) is 42.5 Å². The molecule has 6 heteroatoms. The normalized spacial score (nSPS) is 11.1. The molecule has 0 bridgehead atoms. The smallest absolute Gasteiger partial charge is 0.269 e. The van der Waals surface area contributed by atoms with Crippen molar-refractivity contribution in [2.75, 3.05) is 7.11 Å². The number of non-ortho nitro benzene ring substituents is 1. The average Bonchev–Trinajstić information content (AvgIpc) is 2.86. The highest BCUT2D eigenvalue weighted by Crippen LogP contribution is 2.31. The highest BCUT2D eigenvalue weighted by Gasteiger charge is 2.09. The topological polar surface area (TPSA) is 85.4 Å². The molecule has 0 heterocycles. The Morgan fingerprint density at radius 2 is 1.73 bits per heavy atom. The predicted molar refractivity (Wildman–Crippen MR) is 128 cm³/mol. The van der Waals surface area contributed by atoms with E-state index in [1.165, 1.54) is 12.1 Å². The van der Waals surface area contributed by atoms with Crippen LogP contribution in [0, 0.1) is 21.4 Å². The van der Waals surface area contributed by atoms with Gasteiger partial charge in [0.05, 0.1) is 23.7 Å². The van der Waals surface area contributed by atoms with Crippen molar-refractivity contribution in [3.8, 4) is 17.6 Å². The Kier molecular flexibility index (Phi) is 6.33. The molecule has 0 spiro atoms. The van der Waals surface area contributed by atoms with Gasteiger partial charge in [0.15, 0.2) is 11.5 Å². The summed E-state index contributed by atoms with van der Waals surface area (Å²) in [7, 11) is 1.55. The maximum absolute atomic E-state index is 10.8. The number of benzene rings is 4. The highest BCUT2D eigenvalue weighted by atomic mass is 16.6. The van der Waals surface area contributed by atoms with Crippen molar-refractivity contribution in [3.63, 3.8) is 0 Å². The van der Waals surface area contributed by atoms with Gasteiger partial charge in [0.2, 0.25) is 0 Å². The van der Waals surface area contributed by atoms with Crippen LogP contribution in [-0.4, -0.2) is 12.0 Å². The molecule has 0 aromatic heterocycles. The Morgan fingerprint density at radius 3 is 2.42 bits per heavy atom. The number of nitrogens with zero attached hydrogens (tertiary/aromatic N) is 2. The van der Waals surface area contributed by atoms with E-state index in [0.717, 1.165) is 27.5 Å². The first kappa shape index (κ1) is 21.6. The van der Waals surface area contributed by atoms with Crippen LogP contribution in [0.4, 0.5) is 5.69 Å². The van der Waals surface area contributed by atoms with Crippen LogP contribution >= 0.6 is 0 Å². The number of hydrogen-bond acceptors (Lipinski definition) is 5. The summed E-state index contributed by atoms with van der Waals surface area (Å²) in [6.45, 7) is 0.240. The van der Waals surface area contributed by atoms with Crippen molar-refractivity contribution in [3.05, 3.63) is 112 Å². The molecule has 4 rings (SSSR count). The molecule has 0 aliphatic heterocycles. The van der Waals surface area contributed by atoms with E-state index in [4.69, 9.17) is 9.47 Å². The summed E-state index contributed by atoms with van der Waals surface area (Å²) in [5, 5.41) is 22.7. The number of rotatable bonds is 7. The number of allylic oxidation sites excluding steroid dienone is 1. The van der Waals surface area contributed by atoms with Gasteiger partial charge in [-0.05, 0) is 63.9 Å². The lowest BCUT2D eigenvalue weighted by Crippen LogP contribution is -1.98. The largest absolute Gasteiger partial charge is 0.493 e. The lowest BCUT2D eigenvalue weighted by molar-refractivity contribution is -0.384. The van der Waals surface area contributed by atoms with Gasteiger partial charge in [-0.25, -0.2) is 0 Å². The monoisotopic (exact) mass is 436 g/mol. The van der Waals surface area contributed by atoms with Crippen molar-refractivity contribution >= 4 is 28.1 Å². The highest BCUT2D eigenvalue weighted by molar-refractivity contribution is 5.94. The van der Waals surface area contributed by atoms with Crippen LogP contribution in [0.3, 0.4) is 0 Å². The van der Waals surface area contributed by atoms with Crippen LogP contribution in [0.1, 0.15) is 16.7 Å². The number of nitro groups is 1. The second-order valence-corrected chi connectivity index (χ2v) is 7.35. The molecule has 0 radical (unpaired) electrons. The molecule has 6 nitrogen and oxygen atoms in total. The van der Waals surface area contributed by atoms with Gasteiger partial charge in [-0.2, -0.15) is 5.26 Å². The van der Waals surface area contributed by atoms with Gasteiger partial charge in [0, 0.05) is 12.1 Å².